The molecule has 1 amide bonds. The molecule has 7 heteroatoms. The molecule has 29 heavy (non-hydrogen) atoms. The van der Waals surface area contributed by atoms with Gasteiger partial charge in [0, 0.05) is 12.1 Å². The first-order chi connectivity index (χ1) is 14.1. The van der Waals surface area contributed by atoms with Crippen molar-refractivity contribution in [2.75, 3.05) is 34.5 Å². The monoisotopic (exact) mass is 399 g/mol. The summed E-state index contributed by atoms with van der Waals surface area (Å²) in [5.41, 5.74) is 1.22. The molecule has 0 bridgehead atoms. The molecular weight excluding hydrogens is 374 g/mol. The van der Waals surface area contributed by atoms with E-state index < -0.39 is 5.97 Å². The Labute approximate surface area is 170 Å². The van der Waals surface area contributed by atoms with Gasteiger partial charge < -0.3 is 23.8 Å². The van der Waals surface area contributed by atoms with Crippen LogP contribution < -0.4 is 14.2 Å². The number of benzene rings is 2. The van der Waals surface area contributed by atoms with Crippen LogP contribution in [-0.4, -0.2) is 51.3 Å². The highest BCUT2D eigenvalue weighted by molar-refractivity contribution is 5.91. The topological polar surface area (TPSA) is 74.3 Å². The molecular formula is C22H25NO6. The fourth-order valence-corrected chi connectivity index (χ4v) is 3.53. The molecule has 1 atom stereocenters. The Morgan fingerprint density at radius 1 is 1.00 bits per heavy atom. The Kier molecular flexibility index (Phi) is 6.59. The molecule has 0 aromatic heterocycles. The minimum Gasteiger partial charge on any atom is -0.497 e. The van der Waals surface area contributed by atoms with Crippen LogP contribution in [0.3, 0.4) is 0 Å². The summed E-state index contributed by atoms with van der Waals surface area (Å²) >= 11 is 0. The lowest BCUT2D eigenvalue weighted by Gasteiger charge is -2.26. The van der Waals surface area contributed by atoms with Crippen molar-refractivity contribution in [3.05, 3.63) is 53.6 Å². The number of nitrogens with zero attached hydrogens (tertiary/aromatic N) is 1. The highest BCUT2D eigenvalue weighted by Gasteiger charge is 2.32. The summed E-state index contributed by atoms with van der Waals surface area (Å²) < 4.78 is 21.1. The van der Waals surface area contributed by atoms with E-state index >= 15 is 0 Å². The number of rotatable bonds is 7. The number of hydrogen-bond acceptors (Lipinski definition) is 6. The number of carbonyl (C=O) groups excluding carboxylic acids is 2. The average Bonchev–Trinajstić information content (AvgIpc) is 3.26. The van der Waals surface area contributed by atoms with Crippen molar-refractivity contribution in [3.8, 4) is 17.2 Å². The van der Waals surface area contributed by atoms with Crippen molar-refractivity contribution in [3.63, 3.8) is 0 Å². The van der Waals surface area contributed by atoms with Crippen LogP contribution >= 0.6 is 0 Å². The third kappa shape index (κ3) is 4.62. The van der Waals surface area contributed by atoms with Gasteiger partial charge in [0.1, 0.15) is 17.2 Å². The van der Waals surface area contributed by atoms with E-state index in [0.717, 1.165) is 18.4 Å². The number of amides is 1. The Morgan fingerprint density at radius 3 is 2.48 bits per heavy atom. The summed E-state index contributed by atoms with van der Waals surface area (Å²) in [6, 6.07) is 12.0. The summed E-state index contributed by atoms with van der Waals surface area (Å²) in [6.07, 6.45) is 1.67. The normalized spacial score (nSPS) is 15.7. The van der Waals surface area contributed by atoms with Crippen LogP contribution in [0.1, 0.15) is 34.8 Å². The summed E-state index contributed by atoms with van der Waals surface area (Å²) in [5.74, 6) is 1.14. The highest BCUT2D eigenvalue weighted by atomic mass is 16.5. The van der Waals surface area contributed by atoms with Gasteiger partial charge in [-0.2, -0.15) is 0 Å². The molecule has 0 N–H and O–H groups in total. The third-order valence-electron chi connectivity index (χ3n) is 5.00. The summed E-state index contributed by atoms with van der Waals surface area (Å²) in [5, 5.41) is 0. The number of esters is 1. The number of hydrogen-bond donors (Lipinski definition) is 0. The Bertz CT molecular complexity index is 881. The van der Waals surface area contributed by atoms with Crippen molar-refractivity contribution < 1.29 is 28.5 Å². The zero-order valence-corrected chi connectivity index (χ0v) is 16.8. The number of likely N-dealkylation sites (tertiary alicyclic amines) is 1. The fraction of sp³-hybridized carbons (Fsp3) is 0.364. The lowest BCUT2D eigenvalue weighted by Crippen LogP contribution is -2.34. The highest BCUT2D eigenvalue weighted by Crippen LogP contribution is 2.38. The van der Waals surface area contributed by atoms with Gasteiger partial charge >= 0.3 is 5.97 Å². The second kappa shape index (κ2) is 9.32. The maximum atomic E-state index is 12.8. The Hall–Kier alpha value is -3.22. The molecule has 2 aromatic carbocycles. The molecule has 1 aliphatic heterocycles. The second-order valence-electron chi connectivity index (χ2n) is 6.66. The molecule has 1 heterocycles. The van der Waals surface area contributed by atoms with E-state index in [-0.39, 0.29) is 18.6 Å². The Balaban J connectivity index is 1.69. The molecule has 1 aliphatic rings. The van der Waals surface area contributed by atoms with Gasteiger partial charge in [0.2, 0.25) is 0 Å². The second-order valence-corrected chi connectivity index (χ2v) is 6.66. The van der Waals surface area contributed by atoms with E-state index in [9.17, 15) is 9.59 Å². The van der Waals surface area contributed by atoms with Crippen LogP contribution in [-0.2, 0) is 9.53 Å². The van der Waals surface area contributed by atoms with Crippen molar-refractivity contribution in [2.24, 2.45) is 0 Å². The minimum absolute atomic E-state index is 0.150. The molecule has 1 saturated heterocycles. The molecule has 3 rings (SSSR count). The van der Waals surface area contributed by atoms with Crippen LogP contribution in [0.4, 0.5) is 0 Å². The van der Waals surface area contributed by atoms with Crippen LogP contribution in [0.5, 0.6) is 17.2 Å². The lowest BCUT2D eigenvalue weighted by molar-refractivity contribution is -0.135. The van der Waals surface area contributed by atoms with E-state index in [0.29, 0.717) is 29.4 Å². The number of carbonyl (C=O) groups is 2. The van der Waals surface area contributed by atoms with Gasteiger partial charge in [-0.3, -0.25) is 4.79 Å². The first-order valence-electron chi connectivity index (χ1n) is 9.40. The quantitative estimate of drug-likeness (QED) is 0.666. The number of methoxy groups -OCH3 is 3. The van der Waals surface area contributed by atoms with Gasteiger partial charge in [-0.1, -0.05) is 6.07 Å². The molecule has 154 valence electrons. The third-order valence-corrected chi connectivity index (χ3v) is 5.00. The minimum atomic E-state index is -0.563. The standard InChI is InChI=1S/C22H25NO6/c1-26-16-7-4-6-15(12-16)22(25)29-14-21(24)23-11-5-8-19(23)18-13-17(27-2)9-10-20(18)28-3/h4,6-7,9-10,12-13,19H,5,8,11,14H2,1-3H3/t19-/m0/s1. The summed E-state index contributed by atoms with van der Waals surface area (Å²) in [6.45, 7) is 0.277. The molecule has 0 radical (unpaired) electrons. The first kappa shape index (κ1) is 20.5. The van der Waals surface area contributed by atoms with Crippen LogP contribution in [0.15, 0.2) is 42.5 Å². The van der Waals surface area contributed by atoms with Gasteiger partial charge in [0.25, 0.3) is 5.91 Å². The molecule has 0 aliphatic carbocycles. The molecule has 1 fully saturated rings. The summed E-state index contributed by atoms with van der Waals surface area (Å²) in [4.78, 5) is 26.8. The van der Waals surface area contributed by atoms with Crippen LogP contribution in [0, 0.1) is 0 Å². The average molecular weight is 399 g/mol. The molecule has 0 saturated carbocycles. The van der Waals surface area contributed by atoms with E-state index in [2.05, 4.69) is 0 Å². The molecule has 2 aromatic rings. The van der Waals surface area contributed by atoms with E-state index in [1.807, 2.05) is 18.2 Å². The van der Waals surface area contributed by atoms with Crippen LogP contribution in [0.25, 0.3) is 0 Å². The zero-order chi connectivity index (χ0) is 20.8. The van der Waals surface area contributed by atoms with E-state index in [1.54, 1.807) is 43.4 Å². The Morgan fingerprint density at radius 2 is 1.76 bits per heavy atom. The van der Waals surface area contributed by atoms with Crippen molar-refractivity contribution in [1.29, 1.82) is 0 Å². The molecule has 0 spiro atoms. The van der Waals surface area contributed by atoms with Gasteiger partial charge in [0.15, 0.2) is 6.61 Å². The van der Waals surface area contributed by atoms with E-state index in [4.69, 9.17) is 18.9 Å². The maximum Gasteiger partial charge on any atom is 0.338 e. The van der Waals surface area contributed by atoms with Crippen molar-refractivity contribution in [1.82, 2.24) is 4.90 Å². The SMILES string of the molecule is COc1cccc(C(=O)OCC(=O)N2CCC[C@H]2c2cc(OC)ccc2OC)c1. The molecule has 0 unspecified atom stereocenters. The molecule has 7 nitrogen and oxygen atoms in total. The summed E-state index contributed by atoms with van der Waals surface area (Å²) in [7, 11) is 4.72. The predicted molar refractivity (Wildman–Crippen MR) is 107 cm³/mol. The number of ether oxygens (including phenoxy) is 4. The largest absolute Gasteiger partial charge is 0.497 e. The van der Waals surface area contributed by atoms with E-state index in [1.165, 1.54) is 7.11 Å². The predicted octanol–water partition coefficient (Wildman–Crippen LogP) is 3.23. The van der Waals surface area contributed by atoms with Crippen molar-refractivity contribution >= 4 is 11.9 Å². The van der Waals surface area contributed by atoms with Gasteiger partial charge in [-0.05, 0) is 49.2 Å². The van der Waals surface area contributed by atoms with Crippen LogP contribution in [0.2, 0.25) is 0 Å². The zero-order valence-electron chi connectivity index (χ0n) is 16.8. The maximum absolute atomic E-state index is 12.8. The lowest BCUT2D eigenvalue weighted by atomic mass is 10.0. The van der Waals surface area contributed by atoms with Crippen molar-refractivity contribution in [2.45, 2.75) is 18.9 Å². The first-order valence-corrected chi connectivity index (χ1v) is 9.40. The van der Waals surface area contributed by atoms with Gasteiger partial charge in [0.05, 0.1) is 32.9 Å². The van der Waals surface area contributed by atoms with Gasteiger partial charge in [-0.25, -0.2) is 4.79 Å². The van der Waals surface area contributed by atoms with Gasteiger partial charge in [-0.15, -0.1) is 0 Å². The fourth-order valence-electron chi connectivity index (χ4n) is 3.53. The smallest absolute Gasteiger partial charge is 0.338 e.